The molecule has 13 heavy (non-hydrogen) atoms. The van der Waals surface area contributed by atoms with Gasteiger partial charge < -0.3 is 10.3 Å². The largest absolute Gasteiger partial charge is 1.00 e. The molecule has 0 spiro atoms. The van der Waals surface area contributed by atoms with E-state index in [0.717, 1.165) is 0 Å². The van der Waals surface area contributed by atoms with Crippen molar-refractivity contribution in [2.75, 3.05) is 5.73 Å². The maximum Gasteiger partial charge on any atom is 1.00 e. The van der Waals surface area contributed by atoms with Crippen LogP contribution in [0.2, 0.25) is 0 Å². The number of hydrogen-bond donors (Lipinski definition) is 1. The smallest absolute Gasteiger partial charge is 0.739 e. The number of hydrogen-bond acceptors (Lipinski definition) is 5. The summed E-state index contributed by atoms with van der Waals surface area (Å²) in [6.07, 6.45) is 0. The van der Waals surface area contributed by atoms with Crippen LogP contribution in [-0.4, -0.2) is 13.0 Å². The van der Waals surface area contributed by atoms with Crippen molar-refractivity contribution in [2.45, 2.75) is 4.90 Å². The van der Waals surface area contributed by atoms with Gasteiger partial charge in [-0.2, -0.15) is 0 Å². The van der Waals surface area contributed by atoms with E-state index in [2.05, 4.69) is 0 Å². The molecular weight excluding hydrogens is 205 g/mol. The van der Waals surface area contributed by atoms with Crippen molar-refractivity contribution in [1.82, 2.24) is 0 Å². The van der Waals surface area contributed by atoms with E-state index in [1.54, 1.807) is 0 Å². The van der Waals surface area contributed by atoms with Crippen molar-refractivity contribution in [3.8, 4) is 0 Å². The van der Waals surface area contributed by atoms with Gasteiger partial charge in [0, 0.05) is 10.6 Å². The summed E-state index contributed by atoms with van der Waals surface area (Å²) in [6, 6.07) is 6.03. The van der Waals surface area contributed by atoms with Crippen LogP contribution in [0, 0.1) is 0 Å². The molecule has 1 aromatic rings. The Morgan fingerprint density at radius 2 is 1.69 bits per heavy atom. The molecule has 0 heterocycles. The number of rotatable bonds is 2. The maximum absolute atomic E-state index is 10.3. The van der Waals surface area contributed by atoms with Crippen molar-refractivity contribution in [3.63, 3.8) is 0 Å². The molecule has 66 valence electrons. The Balaban J connectivity index is 0.00000144. The monoisotopic (exact) mass is 211 g/mol. The molecule has 0 aliphatic heterocycles. The van der Waals surface area contributed by atoms with Gasteiger partial charge in [0.15, 0.2) is 9.15 Å². The Bertz CT molecular complexity index is 362. The Labute approximate surface area is 92.2 Å². The predicted molar refractivity (Wildman–Crippen MR) is 46.4 cm³/mol. The molecule has 0 atom stereocenters. The van der Waals surface area contributed by atoms with Crippen molar-refractivity contribution in [2.24, 2.45) is 0 Å². The summed E-state index contributed by atoms with van der Waals surface area (Å²) in [4.78, 5) is 0.374. The van der Waals surface area contributed by atoms with Crippen LogP contribution in [0.1, 0.15) is 0 Å². The fourth-order valence-corrected chi connectivity index (χ4v) is 2.16. The second-order valence-corrected chi connectivity index (χ2v) is 5.24. The molecule has 0 radical (unpaired) electrons. The third-order valence-corrected chi connectivity index (χ3v) is 2.94. The van der Waals surface area contributed by atoms with E-state index >= 15 is 0 Å². The molecule has 0 amide bonds. The van der Waals surface area contributed by atoms with Gasteiger partial charge in [-0.3, -0.25) is 0 Å². The first-order chi connectivity index (χ1) is 5.47. The maximum atomic E-state index is 10.3. The molecule has 1 rings (SSSR count). The molecular formula is C6H6LiNO3S2. The Kier molecular flexibility index (Phi) is 4.89. The summed E-state index contributed by atoms with van der Waals surface area (Å²) in [5.74, 6) is 0. The van der Waals surface area contributed by atoms with Gasteiger partial charge in [-0.05, 0) is 35.1 Å². The molecule has 0 saturated heterocycles. The molecule has 0 aromatic heterocycles. The van der Waals surface area contributed by atoms with Crippen LogP contribution in [0.5, 0.6) is 0 Å². The predicted octanol–water partition coefficient (Wildman–Crippen LogP) is -2.17. The molecule has 0 unspecified atom stereocenters. The zero-order valence-electron chi connectivity index (χ0n) is 6.93. The minimum absolute atomic E-state index is 0. The standard InChI is InChI=1S/C6H7NO3S2.Li/c7-5-1-3-6(4-2-5)11-12(8,9)10;/h1-4H,7H2,(H,8,9,10);/q;+1/p-1. The van der Waals surface area contributed by atoms with Crippen LogP contribution in [0.25, 0.3) is 0 Å². The molecule has 0 aliphatic carbocycles. The van der Waals surface area contributed by atoms with Crippen LogP contribution in [0.3, 0.4) is 0 Å². The van der Waals surface area contributed by atoms with Crippen LogP contribution in [0.15, 0.2) is 29.2 Å². The molecule has 7 heteroatoms. The van der Waals surface area contributed by atoms with Crippen LogP contribution in [0.4, 0.5) is 5.69 Å². The molecule has 4 nitrogen and oxygen atoms in total. The van der Waals surface area contributed by atoms with E-state index < -0.39 is 9.15 Å². The minimum atomic E-state index is -4.26. The van der Waals surface area contributed by atoms with Gasteiger partial charge in [0.25, 0.3) is 0 Å². The topological polar surface area (TPSA) is 83.2 Å². The third kappa shape index (κ3) is 5.24. The van der Waals surface area contributed by atoms with Crippen molar-refractivity contribution >= 4 is 25.6 Å². The van der Waals surface area contributed by atoms with Crippen molar-refractivity contribution in [1.29, 1.82) is 0 Å². The van der Waals surface area contributed by atoms with Gasteiger partial charge in [0.1, 0.15) is 0 Å². The second-order valence-electron chi connectivity index (χ2n) is 2.06. The molecule has 0 bridgehead atoms. The van der Waals surface area contributed by atoms with Crippen LogP contribution >= 0.6 is 10.8 Å². The van der Waals surface area contributed by atoms with Gasteiger partial charge in [-0.15, -0.1) is 0 Å². The molecule has 0 fully saturated rings. The van der Waals surface area contributed by atoms with E-state index in [9.17, 15) is 13.0 Å². The first-order valence-corrected chi connectivity index (χ1v) is 5.72. The van der Waals surface area contributed by atoms with Gasteiger partial charge in [-0.25, -0.2) is 8.42 Å². The summed E-state index contributed by atoms with van der Waals surface area (Å²) in [5, 5.41) is 0. The van der Waals surface area contributed by atoms with Gasteiger partial charge in [0.2, 0.25) is 0 Å². The number of anilines is 1. The van der Waals surface area contributed by atoms with Crippen LogP contribution in [-0.2, 0) is 9.15 Å². The van der Waals surface area contributed by atoms with Crippen molar-refractivity contribution < 1.29 is 31.8 Å². The average molecular weight is 211 g/mol. The average Bonchev–Trinajstić information content (AvgIpc) is 1.91. The van der Waals surface area contributed by atoms with E-state index in [1.165, 1.54) is 24.3 Å². The normalized spacial score (nSPS) is 10.5. The SMILES string of the molecule is Nc1ccc(SS(=O)(=O)[O-])cc1.[Li+]. The zero-order valence-corrected chi connectivity index (χ0v) is 8.56. The first-order valence-electron chi connectivity index (χ1n) is 2.98. The van der Waals surface area contributed by atoms with Gasteiger partial charge in [-0.1, -0.05) is 0 Å². The third-order valence-electron chi connectivity index (χ3n) is 1.08. The molecule has 0 saturated carbocycles. The summed E-state index contributed by atoms with van der Waals surface area (Å²) >= 11 is 0. The number of nitrogens with two attached hydrogens (primary N) is 1. The minimum Gasteiger partial charge on any atom is -0.739 e. The summed E-state index contributed by atoms with van der Waals surface area (Å²) in [5.41, 5.74) is 5.88. The number of benzene rings is 1. The Morgan fingerprint density at radius 3 is 2.08 bits per heavy atom. The molecule has 2 N–H and O–H groups in total. The first kappa shape index (κ1) is 12.9. The number of nitrogen functional groups attached to an aromatic ring is 1. The van der Waals surface area contributed by atoms with Crippen LogP contribution < -0.4 is 24.6 Å². The fourth-order valence-electron chi connectivity index (χ4n) is 0.641. The summed E-state index contributed by atoms with van der Waals surface area (Å²) in [6.45, 7) is 0. The van der Waals surface area contributed by atoms with E-state index in [4.69, 9.17) is 5.73 Å². The van der Waals surface area contributed by atoms with Crippen molar-refractivity contribution in [3.05, 3.63) is 24.3 Å². The van der Waals surface area contributed by atoms with Gasteiger partial charge in [0.05, 0.1) is 0 Å². The summed E-state index contributed by atoms with van der Waals surface area (Å²) < 4.78 is 30.8. The fraction of sp³-hybridized carbons (Fsp3) is 0. The van der Waals surface area contributed by atoms with E-state index in [0.29, 0.717) is 10.6 Å². The summed E-state index contributed by atoms with van der Waals surface area (Å²) in [7, 11) is -3.99. The second kappa shape index (κ2) is 4.93. The Hall–Kier alpha value is -0.123. The van der Waals surface area contributed by atoms with E-state index in [-0.39, 0.29) is 29.7 Å². The molecule has 0 aliphatic rings. The van der Waals surface area contributed by atoms with Gasteiger partial charge >= 0.3 is 18.9 Å². The Morgan fingerprint density at radius 1 is 1.23 bits per heavy atom. The zero-order chi connectivity index (χ0) is 9.19. The quantitative estimate of drug-likeness (QED) is 0.260. The van der Waals surface area contributed by atoms with E-state index in [1.807, 2.05) is 0 Å². The molecule has 1 aromatic carbocycles.